The first-order valence-corrected chi connectivity index (χ1v) is 8.56. The first-order chi connectivity index (χ1) is 11.8. The number of unbranched alkanes of at least 4 members (excludes halogenated alkanes) is 1. The zero-order chi connectivity index (χ0) is 18.6. The number of benzene rings is 1. The fraction of sp³-hybridized carbons (Fsp3) is 0.312. The molecule has 0 amide bonds. The van der Waals surface area contributed by atoms with Gasteiger partial charge in [0, 0.05) is 24.3 Å². The van der Waals surface area contributed by atoms with Crippen molar-refractivity contribution >= 4 is 46.1 Å². The largest absolute Gasteiger partial charge is 0.383 e. The van der Waals surface area contributed by atoms with E-state index in [0.717, 1.165) is 18.5 Å². The Morgan fingerprint density at radius 2 is 2.00 bits per heavy atom. The summed E-state index contributed by atoms with van der Waals surface area (Å²) in [6.07, 6.45) is 1.67. The topological polar surface area (TPSA) is 96.2 Å². The molecule has 0 radical (unpaired) electrons. The van der Waals surface area contributed by atoms with Gasteiger partial charge >= 0.3 is 5.69 Å². The fourth-order valence-electron chi connectivity index (χ4n) is 2.28. The molecule has 1 heterocycles. The molecule has 25 heavy (non-hydrogen) atoms. The molecule has 134 valence electrons. The highest BCUT2D eigenvalue weighted by atomic mass is 35.5. The molecule has 7 nitrogen and oxygen atoms in total. The Bertz CT molecular complexity index is 876. The third kappa shape index (κ3) is 4.40. The molecule has 0 aliphatic rings. The first-order valence-electron chi connectivity index (χ1n) is 7.78. The average Bonchev–Trinajstić information content (AvgIpc) is 2.56. The number of hydrogen-bond donors (Lipinski definition) is 3. The number of anilines is 3. The highest BCUT2D eigenvalue weighted by molar-refractivity contribution is 7.80. The van der Waals surface area contributed by atoms with Gasteiger partial charge in [0.15, 0.2) is 5.11 Å². The number of aromatic amines is 1. The molecule has 0 aliphatic heterocycles. The number of H-pyrrole nitrogens is 1. The van der Waals surface area contributed by atoms with Crippen LogP contribution in [-0.4, -0.2) is 21.7 Å². The SMILES string of the molecule is CCCCn1c(N)c(N(C)C(=S)Nc2ccc(Cl)cc2)c(=O)[nH]c1=O. The van der Waals surface area contributed by atoms with E-state index in [1.807, 2.05) is 6.92 Å². The maximum Gasteiger partial charge on any atom is 0.330 e. The summed E-state index contributed by atoms with van der Waals surface area (Å²) in [5.74, 6) is 0.0879. The highest BCUT2D eigenvalue weighted by Crippen LogP contribution is 2.18. The fourth-order valence-corrected chi connectivity index (χ4v) is 2.62. The molecule has 0 saturated heterocycles. The molecule has 0 aliphatic carbocycles. The molecule has 0 fully saturated rings. The molecular weight excluding hydrogens is 362 g/mol. The van der Waals surface area contributed by atoms with Crippen LogP contribution in [-0.2, 0) is 6.54 Å². The Balaban J connectivity index is 2.32. The van der Waals surface area contributed by atoms with Crippen molar-refractivity contribution in [3.05, 3.63) is 50.1 Å². The summed E-state index contributed by atoms with van der Waals surface area (Å²) in [6, 6.07) is 6.97. The molecule has 2 rings (SSSR count). The van der Waals surface area contributed by atoms with E-state index in [9.17, 15) is 9.59 Å². The van der Waals surface area contributed by atoms with Gasteiger partial charge in [-0.25, -0.2) is 4.79 Å². The van der Waals surface area contributed by atoms with Gasteiger partial charge in [0.1, 0.15) is 11.5 Å². The van der Waals surface area contributed by atoms with Crippen molar-refractivity contribution in [2.75, 3.05) is 23.0 Å². The summed E-state index contributed by atoms with van der Waals surface area (Å²) in [5, 5.41) is 3.87. The van der Waals surface area contributed by atoms with Gasteiger partial charge in [-0.1, -0.05) is 24.9 Å². The van der Waals surface area contributed by atoms with E-state index in [1.54, 1.807) is 31.3 Å². The maximum atomic E-state index is 12.2. The minimum atomic E-state index is -0.585. The van der Waals surface area contributed by atoms with Crippen molar-refractivity contribution in [1.29, 1.82) is 0 Å². The minimum absolute atomic E-state index is 0.0879. The van der Waals surface area contributed by atoms with Crippen LogP contribution in [0.15, 0.2) is 33.9 Å². The molecule has 9 heteroatoms. The summed E-state index contributed by atoms with van der Waals surface area (Å²) >= 11 is 11.2. The predicted molar refractivity (Wildman–Crippen MR) is 107 cm³/mol. The van der Waals surface area contributed by atoms with Gasteiger partial charge in [-0.2, -0.15) is 0 Å². The predicted octanol–water partition coefficient (Wildman–Crippen LogP) is 2.41. The summed E-state index contributed by atoms with van der Waals surface area (Å²) < 4.78 is 1.35. The van der Waals surface area contributed by atoms with Gasteiger partial charge in [0.05, 0.1) is 0 Å². The van der Waals surface area contributed by atoms with E-state index in [4.69, 9.17) is 29.6 Å². The summed E-state index contributed by atoms with van der Waals surface area (Å²) in [7, 11) is 1.61. The Morgan fingerprint density at radius 3 is 2.60 bits per heavy atom. The maximum absolute atomic E-state index is 12.2. The summed E-state index contributed by atoms with van der Waals surface area (Å²) in [4.78, 5) is 28.0. The van der Waals surface area contributed by atoms with Gasteiger partial charge in [0.2, 0.25) is 0 Å². The van der Waals surface area contributed by atoms with E-state index >= 15 is 0 Å². The van der Waals surface area contributed by atoms with Crippen LogP contribution >= 0.6 is 23.8 Å². The van der Waals surface area contributed by atoms with Gasteiger partial charge in [0.25, 0.3) is 5.56 Å². The Labute approximate surface area is 155 Å². The lowest BCUT2D eigenvalue weighted by molar-refractivity contribution is 0.605. The Morgan fingerprint density at radius 1 is 1.36 bits per heavy atom. The zero-order valence-electron chi connectivity index (χ0n) is 14.0. The quantitative estimate of drug-likeness (QED) is 0.688. The van der Waals surface area contributed by atoms with Crippen molar-refractivity contribution in [2.45, 2.75) is 26.3 Å². The van der Waals surface area contributed by atoms with E-state index in [-0.39, 0.29) is 16.6 Å². The van der Waals surface area contributed by atoms with Gasteiger partial charge in [-0.15, -0.1) is 0 Å². The second kappa shape index (κ2) is 8.17. The van der Waals surface area contributed by atoms with E-state index < -0.39 is 11.2 Å². The number of nitrogen functional groups attached to an aromatic ring is 1. The normalized spacial score (nSPS) is 10.5. The molecule has 1 aromatic carbocycles. The number of aromatic nitrogens is 2. The molecule has 2 aromatic rings. The van der Waals surface area contributed by atoms with Gasteiger partial charge < -0.3 is 16.0 Å². The second-order valence-electron chi connectivity index (χ2n) is 5.49. The van der Waals surface area contributed by atoms with Crippen LogP contribution in [0.3, 0.4) is 0 Å². The summed E-state index contributed by atoms with van der Waals surface area (Å²) in [6.45, 7) is 2.43. The van der Waals surface area contributed by atoms with Crippen LogP contribution in [0.25, 0.3) is 0 Å². The van der Waals surface area contributed by atoms with Crippen LogP contribution < -0.4 is 27.2 Å². The first kappa shape index (κ1) is 19.0. The standard InChI is InChI=1S/C16H20ClN5O2S/c1-3-4-9-22-13(18)12(14(23)20-15(22)24)21(2)16(25)19-11-7-5-10(17)6-8-11/h5-8H,3-4,9,18H2,1-2H3,(H,19,25)(H,20,23,24). The number of nitrogens with zero attached hydrogens (tertiary/aromatic N) is 2. The van der Waals surface area contributed by atoms with Crippen molar-refractivity contribution in [3.63, 3.8) is 0 Å². The Hall–Kier alpha value is -2.32. The van der Waals surface area contributed by atoms with Gasteiger partial charge in [-0.05, 0) is 42.9 Å². The van der Waals surface area contributed by atoms with E-state index in [0.29, 0.717) is 11.6 Å². The zero-order valence-corrected chi connectivity index (χ0v) is 15.6. The number of nitrogens with one attached hydrogen (secondary N) is 2. The van der Waals surface area contributed by atoms with Crippen LogP contribution in [0.4, 0.5) is 17.2 Å². The van der Waals surface area contributed by atoms with Crippen molar-refractivity contribution in [1.82, 2.24) is 9.55 Å². The smallest absolute Gasteiger partial charge is 0.330 e. The van der Waals surface area contributed by atoms with Crippen molar-refractivity contribution < 1.29 is 0 Å². The average molecular weight is 382 g/mol. The van der Waals surface area contributed by atoms with Crippen LogP contribution in [0.1, 0.15) is 19.8 Å². The number of nitrogens with two attached hydrogens (primary N) is 1. The van der Waals surface area contributed by atoms with Gasteiger partial charge in [-0.3, -0.25) is 14.3 Å². The van der Waals surface area contributed by atoms with Crippen molar-refractivity contribution in [2.24, 2.45) is 0 Å². The summed E-state index contributed by atoms with van der Waals surface area (Å²) in [5.41, 5.74) is 5.81. The minimum Gasteiger partial charge on any atom is -0.383 e. The molecule has 0 bridgehead atoms. The van der Waals surface area contributed by atoms with E-state index in [1.165, 1.54) is 9.47 Å². The molecule has 0 spiro atoms. The molecular formula is C16H20ClN5O2S. The number of halogens is 1. The molecule has 4 N–H and O–H groups in total. The Kier molecular flexibility index (Phi) is 6.22. The highest BCUT2D eigenvalue weighted by Gasteiger charge is 2.18. The second-order valence-corrected chi connectivity index (χ2v) is 6.32. The number of hydrogen-bond acceptors (Lipinski definition) is 4. The molecule has 0 atom stereocenters. The van der Waals surface area contributed by atoms with Crippen LogP contribution in [0.5, 0.6) is 0 Å². The third-order valence-electron chi connectivity index (χ3n) is 3.68. The van der Waals surface area contributed by atoms with Crippen LogP contribution in [0, 0.1) is 0 Å². The lowest BCUT2D eigenvalue weighted by Crippen LogP contribution is -2.40. The lowest BCUT2D eigenvalue weighted by Gasteiger charge is -2.23. The van der Waals surface area contributed by atoms with Crippen LogP contribution in [0.2, 0.25) is 5.02 Å². The van der Waals surface area contributed by atoms with E-state index in [2.05, 4.69) is 10.3 Å². The van der Waals surface area contributed by atoms with Crippen molar-refractivity contribution in [3.8, 4) is 0 Å². The molecule has 0 unspecified atom stereocenters. The third-order valence-corrected chi connectivity index (χ3v) is 4.31. The lowest BCUT2D eigenvalue weighted by atomic mass is 10.3. The monoisotopic (exact) mass is 381 g/mol. The molecule has 0 saturated carbocycles. The number of rotatable bonds is 5. The molecule has 1 aromatic heterocycles. The number of thiocarbonyl (C=S) groups is 1.